The monoisotopic (exact) mass is 202 g/mol. The van der Waals surface area contributed by atoms with Crippen molar-refractivity contribution in [3.05, 3.63) is 29.6 Å². The van der Waals surface area contributed by atoms with Crippen LogP contribution in [0.15, 0.2) is 18.2 Å². The lowest BCUT2D eigenvalue weighted by atomic mass is 10.3. The first-order chi connectivity index (χ1) is 7.36. The van der Waals surface area contributed by atoms with Crippen LogP contribution in [-0.4, -0.2) is 24.2 Å². The molecule has 4 nitrogen and oxygen atoms in total. The Balaban J connectivity index is 2.55. The van der Waals surface area contributed by atoms with Gasteiger partial charge in [-0.25, -0.2) is 4.98 Å². The lowest BCUT2D eigenvalue weighted by Crippen LogP contribution is -2.10. The van der Waals surface area contributed by atoms with Crippen molar-refractivity contribution in [1.82, 2.24) is 10.3 Å². The summed E-state index contributed by atoms with van der Waals surface area (Å²) in [5.41, 5.74) is 0.929. The Bertz CT molecular complexity index is 405. The number of carbonyl (C=O) groups excluding carboxylic acids is 2. The van der Waals surface area contributed by atoms with E-state index in [-0.39, 0.29) is 0 Å². The molecule has 0 fully saturated rings. The Labute approximate surface area is 87.7 Å². The SMILES string of the molecule is O=CNCCC#Cc1cccc(C=O)n1. The van der Waals surface area contributed by atoms with Gasteiger partial charge in [0.05, 0.1) is 0 Å². The summed E-state index contributed by atoms with van der Waals surface area (Å²) in [6.45, 7) is 0.518. The van der Waals surface area contributed by atoms with Crippen molar-refractivity contribution in [3.8, 4) is 11.8 Å². The fourth-order valence-corrected chi connectivity index (χ4v) is 0.933. The molecule has 4 heteroatoms. The summed E-state index contributed by atoms with van der Waals surface area (Å²) in [7, 11) is 0. The van der Waals surface area contributed by atoms with Gasteiger partial charge in [0.15, 0.2) is 6.29 Å². The van der Waals surface area contributed by atoms with Crippen LogP contribution >= 0.6 is 0 Å². The summed E-state index contributed by atoms with van der Waals surface area (Å²) in [4.78, 5) is 24.3. The number of pyridine rings is 1. The van der Waals surface area contributed by atoms with Crippen LogP contribution < -0.4 is 5.32 Å². The third kappa shape index (κ3) is 4.05. The van der Waals surface area contributed by atoms with Crippen molar-refractivity contribution >= 4 is 12.7 Å². The molecule has 1 N–H and O–H groups in total. The van der Waals surface area contributed by atoms with E-state index in [9.17, 15) is 9.59 Å². The highest BCUT2D eigenvalue weighted by Gasteiger charge is 1.91. The molecule has 0 spiro atoms. The van der Waals surface area contributed by atoms with Crippen LogP contribution in [0.25, 0.3) is 0 Å². The van der Waals surface area contributed by atoms with E-state index in [1.54, 1.807) is 18.2 Å². The number of nitrogens with one attached hydrogen (secondary N) is 1. The Morgan fingerprint density at radius 3 is 3.00 bits per heavy atom. The molecule has 0 aliphatic heterocycles. The number of hydrogen-bond acceptors (Lipinski definition) is 3. The van der Waals surface area contributed by atoms with Crippen LogP contribution in [-0.2, 0) is 4.79 Å². The zero-order valence-corrected chi connectivity index (χ0v) is 8.06. The van der Waals surface area contributed by atoms with Gasteiger partial charge in [0.1, 0.15) is 11.4 Å². The maximum atomic E-state index is 10.4. The average molecular weight is 202 g/mol. The van der Waals surface area contributed by atoms with E-state index in [4.69, 9.17) is 0 Å². The Kier molecular flexibility index (Phi) is 4.61. The first kappa shape index (κ1) is 10.9. The highest BCUT2D eigenvalue weighted by molar-refractivity contribution is 5.71. The van der Waals surface area contributed by atoms with Crippen molar-refractivity contribution in [2.24, 2.45) is 0 Å². The van der Waals surface area contributed by atoms with Crippen LogP contribution in [0.5, 0.6) is 0 Å². The van der Waals surface area contributed by atoms with Crippen molar-refractivity contribution < 1.29 is 9.59 Å². The molecule has 0 aliphatic carbocycles. The largest absolute Gasteiger partial charge is 0.358 e. The van der Waals surface area contributed by atoms with Gasteiger partial charge in [0, 0.05) is 13.0 Å². The lowest BCUT2D eigenvalue weighted by molar-refractivity contribution is -0.109. The average Bonchev–Trinajstić information content (AvgIpc) is 2.29. The molecule has 76 valence electrons. The Morgan fingerprint density at radius 1 is 1.40 bits per heavy atom. The van der Waals surface area contributed by atoms with Crippen LogP contribution in [0, 0.1) is 11.8 Å². The van der Waals surface area contributed by atoms with Crippen molar-refractivity contribution in [2.75, 3.05) is 6.54 Å². The Hall–Kier alpha value is -2.15. The summed E-state index contributed by atoms with van der Waals surface area (Å²) < 4.78 is 0. The molecule has 0 aliphatic rings. The summed E-state index contributed by atoms with van der Waals surface area (Å²) >= 11 is 0. The van der Waals surface area contributed by atoms with Crippen molar-refractivity contribution in [2.45, 2.75) is 6.42 Å². The minimum Gasteiger partial charge on any atom is -0.358 e. The van der Waals surface area contributed by atoms with Crippen LogP contribution in [0.2, 0.25) is 0 Å². The van der Waals surface area contributed by atoms with Gasteiger partial charge in [-0.15, -0.1) is 0 Å². The van der Waals surface area contributed by atoms with Gasteiger partial charge < -0.3 is 5.32 Å². The van der Waals surface area contributed by atoms with E-state index in [0.717, 1.165) is 0 Å². The van der Waals surface area contributed by atoms with Gasteiger partial charge in [0.25, 0.3) is 0 Å². The maximum Gasteiger partial charge on any atom is 0.207 e. The minimum absolute atomic E-state index is 0.368. The molecule has 1 aromatic heterocycles. The Morgan fingerprint density at radius 2 is 2.27 bits per heavy atom. The zero-order valence-electron chi connectivity index (χ0n) is 8.06. The first-order valence-corrected chi connectivity index (χ1v) is 4.45. The van der Waals surface area contributed by atoms with Gasteiger partial charge in [0.2, 0.25) is 6.41 Å². The molecule has 1 amide bonds. The quantitative estimate of drug-likeness (QED) is 0.436. The van der Waals surface area contributed by atoms with E-state index >= 15 is 0 Å². The van der Waals surface area contributed by atoms with Gasteiger partial charge >= 0.3 is 0 Å². The third-order valence-electron chi connectivity index (χ3n) is 1.59. The standard InChI is InChI=1S/C11H10N2O2/c14-8-11-6-3-5-10(13-11)4-1-2-7-12-9-15/h3,5-6,8-9H,2,7H2,(H,12,15). The highest BCUT2D eigenvalue weighted by atomic mass is 16.1. The fraction of sp³-hybridized carbons (Fsp3) is 0.182. The molecule has 1 heterocycles. The molecule has 15 heavy (non-hydrogen) atoms. The van der Waals surface area contributed by atoms with Crippen molar-refractivity contribution in [1.29, 1.82) is 0 Å². The third-order valence-corrected chi connectivity index (χ3v) is 1.59. The summed E-state index contributed by atoms with van der Waals surface area (Å²) in [5.74, 6) is 5.64. The topological polar surface area (TPSA) is 59.1 Å². The van der Waals surface area contributed by atoms with Crippen LogP contribution in [0.4, 0.5) is 0 Å². The summed E-state index contributed by atoms with van der Waals surface area (Å²) in [6, 6.07) is 5.07. The van der Waals surface area contributed by atoms with Gasteiger partial charge in [-0.2, -0.15) is 0 Å². The molecule has 0 saturated heterocycles. The molecule has 0 bridgehead atoms. The van der Waals surface area contributed by atoms with Crippen LogP contribution in [0.3, 0.4) is 0 Å². The fourth-order valence-electron chi connectivity index (χ4n) is 0.933. The van der Waals surface area contributed by atoms with Gasteiger partial charge in [-0.1, -0.05) is 12.0 Å². The molecule has 1 rings (SSSR count). The first-order valence-electron chi connectivity index (χ1n) is 4.45. The second-order valence-electron chi connectivity index (χ2n) is 2.69. The zero-order chi connectivity index (χ0) is 10.9. The maximum absolute atomic E-state index is 10.4. The predicted octanol–water partition coefficient (Wildman–Crippen LogP) is 0.382. The molecule has 0 atom stereocenters. The molecule has 0 saturated carbocycles. The normalized spacial score (nSPS) is 8.53. The second-order valence-corrected chi connectivity index (χ2v) is 2.69. The van der Waals surface area contributed by atoms with Crippen LogP contribution in [0.1, 0.15) is 22.6 Å². The number of aromatic nitrogens is 1. The molecular weight excluding hydrogens is 192 g/mol. The smallest absolute Gasteiger partial charge is 0.207 e. The van der Waals surface area contributed by atoms with E-state index in [1.807, 2.05) is 0 Å². The number of carbonyl (C=O) groups is 2. The lowest BCUT2D eigenvalue weighted by Gasteiger charge is -1.91. The molecular formula is C11H10N2O2. The van der Waals surface area contributed by atoms with E-state index in [0.29, 0.717) is 37.0 Å². The number of aldehydes is 1. The number of hydrogen-bond donors (Lipinski definition) is 1. The van der Waals surface area contributed by atoms with E-state index in [2.05, 4.69) is 22.1 Å². The minimum atomic E-state index is 0.368. The van der Waals surface area contributed by atoms with E-state index < -0.39 is 0 Å². The van der Waals surface area contributed by atoms with Gasteiger partial charge in [-0.05, 0) is 18.1 Å². The van der Waals surface area contributed by atoms with Gasteiger partial charge in [-0.3, -0.25) is 9.59 Å². The van der Waals surface area contributed by atoms with E-state index in [1.165, 1.54) is 0 Å². The highest BCUT2D eigenvalue weighted by Crippen LogP contribution is 1.95. The molecule has 0 aromatic carbocycles. The number of amides is 1. The predicted molar refractivity (Wildman–Crippen MR) is 55.2 cm³/mol. The number of rotatable bonds is 4. The number of nitrogens with zero attached hydrogens (tertiary/aromatic N) is 1. The second kappa shape index (κ2) is 6.33. The van der Waals surface area contributed by atoms with Crippen molar-refractivity contribution in [3.63, 3.8) is 0 Å². The summed E-state index contributed by atoms with van der Waals surface area (Å²) in [6.07, 6.45) is 1.87. The summed E-state index contributed by atoms with van der Waals surface area (Å²) in [5, 5.41) is 2.50. The molecule has 0 unspecified atom stereocenters. The molecule has 0 radical (unpaired) electrons. The molecule has 1 aromatic rings.